The Morgan fingerprint density at radius 3 is 2.33 bits per heavy atom. The van der Waals surface area contributed by atoms with E-state index in [1.54, 1.807) is 0 Å². The zero-order chi connectivity index (χ0) is 15.0. The first-order valence-electron chi connectivity index (χ1n) is 7.72. The summed E-state index contributed by atoms with van der Waals surface area (Å²) in [6, 6.07) is 7.76. The Balaban J connectivity index is 1.73. The Kier molecular flexibility index (Phi) is 3.70. The van der Waals surface area contributed by atoms with Crippen molar-refractivity contribution in [3.8, 4) is 0 Å². The number of aliphatic carboxylic acids is 1. The summed E-state index contributed by atoms with van der Waals surface area (Å²) in [4.78, 5) is 24.0. The molecule has 4 unspecified atom stereocenters. The van der Waals surface area contributed by atoms with Gasteiger partial charge in [-0.15, -0.1) is 0 Å². The minimum absolute atomic E-state index is 0.126. The molecule has 0 aliphatic heterocycles. The van der Waals surface area contributed by atoms with E-state index in [1.165, 1.54) is 5.56 Å². The Morgan fingerprint density at radius 2 is 1.76 bits per heavy atom. The number of fused-ring (bicyclic) bond motifs is 2. The maximum Gasteiger partial charge on any atom is 0.307 e. The molecule has 1 amide bonds. The molecule has 2 N–H and O–H groups in total. The van der Waals surface area contributed by atoms with Crippen LogP contribution in [0, 0.1) is 23.7 Å². The lowest BCUT2D eigenvalue weighted by atomic mass is 9.78. The van der Waals surface area contributed by atoms with Crippen LogP contribution in [0.5, 0.6) is 0 Å². The number of carboxylic acids is 1. The van der Waals surface area contributed by atoms with Crippen LogP contribution in [-0.2, 0) is 16.0 Å². The first-order chi connectivity index (χ1) is 10.1. The fraction of sp³-hybridized carbons (Fsp3) is 0.529. The van der Waals surface area contributed by atoms with Gasteiger partial charge in [-0.25, -0.2) is 0 Å². The first-order valence-corrected chi connectivity index (χ1v) is 7.72. The predicted octanol–water partition coefficient (Wildman–Crippen LogP) is 2.93. The van der Waals surface area contributed by atoms with Gasteiger partial charge in [0.25, 0.3) is 0 Å². The minimum atomic E-state index is -0.816. The molecule has 4 nitrogen and oxygen atoms in total. The van der Waals surface area contributed by atoms with Crippen molar-refractivity contribution >= 4 is 17.6 Å². The van der Waals surface area contributed by atoms with Crippen LogP contribution < -0.4 is 5.32 Å². The highest BCUT2D eigenvalue weighted by atomic mass is 16.4. The van der Waals surface area contributed by atoms with E-state index in [2.05, 4.69) is 12.2 Å². The van der Waals surface area contributed by atoms with Gasteiger partial charge in [0.1, 0.15) is 0 Å². The van der Waals surface area contributed by atoms with Crippen LogP contribution in [0.1, 0.15) is 31.7 Å². The second-order valence-electron chi connectivity index (χ2n) is 6.26. The number of carbonyl (C=O) groups excluding carboxylic acids is 1. The fourth-order valence-corrected chi connectivity index (χ4v) is 4.07. The highest BCUT2D eigenvalue weighted by Crippen LogP contribution is 2.52. The molecule has 0 spiro atoms. The fourth-order valence-electron chi connectivity index (χ4n) is 4.07. The van der Waals surface area contributed by atoms with Crippen molar-refractivity contribution in [1.82, 2.24) is 0 Å². The summed E-state index contributed by atoms with van der Waals surface area (Å²) in [5.74, 6) is -1.38. The quantitative estimate of drug-likeness (QED) is 0.894. The first kappa shape index (κ1) is 14.1. The number of amides is 1. The van der Waals surface area contributed by atoms with Gasteiger partial charge < -0.3 is 10.4 Å². The molecule has 2 fully saturated rings. The van der Waals surface area contributed by atoms with E-state index in [-0.39, 0.29) is 23.7 Å². The van der Waals surface area contributed by atoms with Crippen LogP contribution in [0.2, 0.25) is 0 Å². The van der Waals surface area contributed by atoms with Crippen LogP contribution in [0.15, 0.2) is 24.3 Å². The largest absolute Gasteiger partial charge is 0.481 e. The topological polar surface area (TPSA) is 66.4 Å². The predicted molar refractivity (Wildman–Crippen MR) is 79.9 cm³/mol. The molecule has 112 valence electrons. The third kappa shape index (κ3) is 2.55. The zero-order valence-corrected chi connectivity index (χ0v) is 12.2. The van der Waals surface area contributed by atoms with Crippen molar-refractivity contribution in [2.75, 3.05) is 5.32 Å². The lowest BCUT2D eigenvalue weighted by Gasteiger charge is -2.27. The summed E-state index contributed by atoms with van der Waals surface area (Å²) in [5, 5.41) is 12.3. The van der Waals surface area contributed by atoms with Crippen molar-refractivity contribution in [3.63, 3.8) is 0 Å². The third-order valence-electron chi connectivity index (χ3n) is 5.13. The van der Waals surface area contributed by atoms with E-state index >= 15 is 0 Å². The average molecular weight is 287 g/mol. The lowest BCUT2D eigenvalue weighted by Crippen LogP contribution is -2.37. The maximum atomic E-state index is 12.5. The molecule has 2 bridgehead atoms. The molecule has 4 atom stereocenters. The minimum Gasteiger partial charge on any atom is -0.481 e. The molecule has 0 heterocycles. The van der Waals surface area contributed by atoms with Crippen LogP contribution in [0.3, 0.4) is 0 Å². The molecule has 2 aliphatic rings. The molecule has 2 aliphatic carbocycles. The molecule has 4 heteroatoms. The molecule has 2 saturated carbocycles. The van der Waals surface area contributed by atoms with Crippen molar-refractivity contribution < 1.29 is 14.7 Å². The van der Waals surface area contributed by atoms with Crippen molar-refractivity contribution in [2.24, 2.45) is 23.7 Å². The molecule has 0 saturated heterocycles. The van der Waals surface area contributed by atoms with E-state index in [4.69, 9.17) is 0 Å². The van der Waals surface area contributed by atoms with Gasteiger partial charge in [-0.05, 0) is 55.2 Å². The Bertz CT molecular complexity index is 552. The summed E-state index contributed by atoms with van der Waals surface area (Å²) in [7, 11) is 0. The van der Waals surface area contributed by atoms with Crippen LogP contribution in [0.25, 0.3) is 0 Å². The normalized spacial score (nSPS) is 30.3. The summed E-state index contributed by atoms with van der Waals surface area (Å²) in [6.45, 7) is 2.08. The molecule has 0 radical (unpaired) electrons. The molecular weight excluding hydrogens is 266 g/mol. The number of carbonyl (C=O) groups is 2. The zero-order valence-electron chi connectivity index (χ0n) is 12.2. The van der Waals surface area contributed by atoms with E-state index in [9.17, 15) is 14.7 Å². The summed E-state index contributed by atoms with van der Waals surface area (Å²) >= 11 is 0. The Labute approximate surface area is 124 Å². The van der Waals surface area contributed by atoms with Crippen LogP contribution in [-0.4, -0.2) is 17.0 Å². The van der Waals surface area contributed by atoms with Crippen molar-refractivity contribution in [3.05, 3.63) is 29.8 Å². The molecule has 0 aromatic heterocycles. The summed E-state index contributed by atoms with van der Waals surface area (Å²) < 4.78 is 0. The van der Waals surface area contributed by atoms with E-state index in [0.717, 1.165) is 31.4 Å². The monoisotopic (exact) mass is 287 g/mol. The summed E-state index contributed by atoms with van der Waals surface area (Å²) in [6.07, 6.45) is 3.80. The maximum absolute atomic E-state index is 12.5. The van der Waals surface area contributed by atoms with E-state index < -0.39 is 11.9 Å². The highest BCUT2D eigenvalue weighted by Gasteiger charge is 2.53. The van der Waals surface area contributed by atoms with Gasteiger partial charge in [0.2, 0.25) is 5.91 Å². The number of hydrogen-bond acceptors (Lipinski definition) is 2. The summed E-state index contributed by atoms with van der Waals surface area (Å²) in [5.41, 5.74) is 1.97. The van der Waals surface area contributed by atoms with Gasteiger partial charge in [-0.1, -0.05) is 19.1 Å². The second kappa shape index (κ2) is 5.51. The molecule has 3 rings (SSSR count). The van der Waals surface area contributed by atoms with Crippen molar-refractivity contribution in [1.29, 1.82) is 0 Å². The number of anilines is 1. The van der Waals surface area contributed by atoms with E-state index in [0.29, 0.717) is 0 Å². The Hall–Kier alpha value is -1.84. The van der Waals surface area contributed by atoms with Gasteiger partial charge in [0.15, 0.2) is 0 Å². The van der Waals surface area contributed by atoms with E-state index in [1.807, 2.05) is 24.3 Å². The average Bonchev–Trinajstić information content (AvgIpc) is 3.08. The SMILES string of the molecule is CCc1ccc(NC(=O)C2C3CCC(C3)C2C(=O)O)cc1. The van der Waals surface area contributed by atoms with Crippen LogP contribution in [0.4, 0.5) is 5.69 Å². The highest BCUT2D eigenvalue weighted by molar-refractivity contribution is 5.96. The Morgan fingerprint density at radius 1 is 1.14 bits per heavy atom. The van der Waals surface area contributed by atoms with Crippen molar-refractivity contribution in [2.45, 2.75) is 32.6 Å². The molecular formula is C17H21NO3. The molecule has 21 heavy (non-hydrogen) atoms. The number of aryl methyl sites for hydroxylation is 1. The number of hydrogen-bond donors (Lipinski definition) is 2. The number of benzene rings is 1. The smallest absolute Gasteiger partial charge is 0.307 e. The van der Waals surface area contributed by atoms with Gasteiger partial charge >= 0.3 is 5.97 Å². The number of rotatable bonds is 4. The molecule has 1 aromatic rings. The number of nitrogens with one attached hydrogen (secondary N) is 1. The standard InChI is InChI=1S/C17H21NO3/c1-2-10-3-7-13(8-4-10)18-16(19)14-11-5-6-12(9-11)15(14)17(20)21/h3-4,7-8,11-12,14-15H,2,5-6,9H2,1H3,(H,18,19)(H,20,21). The van der Waals surface area contributed by atoms with Gasteiger partial charge in [-0.3, -0.25) is 9.59 Å². The number of carboxylic acid groups (broad SMARTS) is 1. The van der Waals surface area contributed by atoms with Gasteiger partial charge in [-0.2, -0.15) is 0 Å². The second-order valence-corrected chi connectivity index (χ2v) is 6.26. The molecule has 1 aromatic carbocycles. The van der Waals surface area contributed by atoms with Gasteiger partial charge in [0, 0.05) is 5.69 Å². The van der Waals surface area contributed by atoms with Crippen LogP contribution >= 0.6 is 0 Å². The third-order valence-corrected chi connectivity index (χ3v) is 5.13. The van der Waals surface area contributed by atoms with Gasteiger partial charge in [0.05, 0.1) is 11.8 Å². The lowest BCUT2D eigenvalue weighted by molar-refractivity contribution is -0.148.